The molecule has 0 bridgehead atoms. The number of amides is 1. The molecule has 0 aliphatic carbocycles. The number of esters is 2. The van der Waals surface area contributed by atoms with Gasteiger partial charge in [-0.1, -0.05) is 30.3 Å². The molecule has 0 aliphatic rings. The molecule has 2 aromatic heterocycles. The maximum Gasteiger partial charge on any atom is 0.575 e. The van der Waals surface area contributed by atoms with Gasteiger partial charge in [0, 0.05) is 12.4 Å². The van der Waals surface area contributed by atoms with Crippen LogP contribution < -0.4 is 10.0 Å². The molecule has 2 N–H and O–H groups in total. The second-order valence-corrected chi connectivity index (χ2v) is 10.0. The third-order valence-corrected chi connectivity index (χ3v) is 6.15. The molecule has 0 saturated heterocycles. The van der Waals surface area contributed by atoms with Gasteiger partial charge in [0.05, 0.1) is 35.6 Å². The quantitative estimate of drug-likeness (QED) is 0.251. The van der Waals surface area contributed by atoms with E-state index in [0.717, 1.165) is 6.20 Å². The second kappa shape index (κ2) is 15.5. The van der Waals surface area contributed by atoms with Crippen molar-refractivity contribution in [2.45, 2.75) is 25.2 Å². The number of anilines is 1. The van der Waals surface area contributed by atoms with E-state index in [-0.39, 0.29) is 12.2 Å². The molecule has 240 valence electrons. The Kier molecular flexibility index (Phi) is 12.4. The third kappa shape index (κ3) is 12.1. The highest BCUT2D eigenvalue weighted by Gasteiger charge is 2.39. The smallest absolute Gasteiger partial charge is 0.462 e. The summed E-state index contributed by atoms with van der Waals surface area (Å²) in [4.78, 5) is 41.3. The average Bonchev–Trinajstić information content (AvgIpc) is 2.95. The summed E-state index contributed by atoms with van der Waals surface area (Å²) in [7, 11) is -4.08. The lowest BCUT2D eigenvalue weighted by atomic mass is 10.1. The number of aromatic nitrogens is 2. The Bertz CT molecular complexity index is 1650. The van der Waals surface area contributed by atoms with Gasteiger partial charge in [0.15, 0.2) is 5.69 Å². The molecule has 0 unspecified atom stereocenters. The summed E-state index contributed by atoms with van der Waals surface area (Å²) >= 11 is 0. The van der Waals surface area contributed by atoms with E-state index in [1.807, 2.05) is 0 Å². The Morgan fingerprint density at radius 2 is 1.67 bits per heavy atom. The SMILES string of the molecule is CCOC(=O)c1cc(C#N)c(NCC(=O)NS(=O)(=O)Cc2ccccc2)nc1C(F)(F)F.O=C(OC(F)(F)F)c1cccnc1. The summed E-state index contributed by atoms with van der Waals surface area (Å²) in [6, 6.07) is 12.7. The third-order valence-electron chi connectivity index (χ3n) is 4.90. The number of hydrogen-bond acceptors (Lipinski definition) is 11. The molecule has 19 heteroatoms. The fourth-order valence-corrected chi connectivity index (χ4v) is 4.29. The molecule has 3 aromatic rings. The summed E-state index contributed by atoms with van der Waals surface area (Å²) in [5.41, 5.74) is -2.87. The van der Waals surface area contributed by atoms with Crippen LogP contribution in [0, 0.1) is 11.3 Å². The predicted octanol–water partition coefficient (Wildman–Crippen LogP) is 3.97. The van der Waals surface area contributed by atoms with Crippen molar-refractivity contribution in [3.63, 3.8) is 0 Å². The highest BCUT2D eigenvalue weighted by molar-refractivity contribution is 7.89. The van der Waals surface area contributed by atoms with Crippen molar-refractivity contribution < 1.29 is 58.6 Å². The maximum atomic E-state index is 13.4. The molecule has 0 aliphatic heterocycles. The Balaban J connectivity index is 0.000000452. The van der Waals surface area contributed by atoms with Gasteiger partial charge < -0.3 is 14.8 Å². The number of carbonyl (C=O) groups excluding carboxylic acids is 3. The first-order valence-electron chi connectivity index (χ1n) is 12.2. The van der Waals surface area contributed by atoms with Crippen LogP contribution in [0.4, 0.5) is 32.2 Å². The molecule has 0 saturated carbocycles. The van der Waals surface area contributed by atoms with E-state index in [2.05, 4.69) is 24.8 Å². The first kappa shape index (κ1) is 35.9. The number of hydrogen-bond donors (Lipinski definition) is 2. The molecule has 1 amide bonds. The van der Waals surface area contributed by atoms with Crippen molar-refractivity contribution in [3.05, 3.63) is 88.9 Å². The van der Waals surface area contributed by atoms with Crippen LogP contribution in [0.15, 0.2) is 60.9 Å². The van der Waals surface area contributed by atoms with E-state index < -0.39 is 75.3 Å². The first-order valence-corrected chi connectivity index (χ1v) is 13.8. The molecule has 0 atom stereocenters. The topological polar surface area (TPSA) is 177 Å². The van der Waals surface area contributed by atoms with Crippen LogP contribution in [0.2, 0.25) is 0 Å². The Morgan fingerprint density at radius 3 is 2.20 bits per heavy atom. The molecule has 12 nitrogen and oxygen atoms in total. The first-order chi connectivity index (χ1) is 21.0. The van der Waals surface area contributed by atoms with Gasteiger partial charge in [-0.15, -0.1) is 13.2 Å². The molecule has 2 heterocycles. The zero-order chi connectivity index (χ0) is 33.8. The van der Waals surface area contributed by atoms with Crippen molar-refractivity contribution in [2.24, 2.45) is 0 Å². The van der Waals surface area contributed by atoms with Gasteiger partial charge in [0.25, 0.3) is 5.91 Å². The molecule has 0 fully saturated rings. The minimum Gasteiger partial charge on any atom is -0.462 e. The van der Waals surface area contributed by atoms with Crippen LogP contribution >= 0.6 is 0 Å². The molecule has 3 rings (SSSR count). The maximum absolute atomic E-state index is 13.4. The van der Waals surface area contributed by atoms with E-state index in [0.29, 0.717) is 11.6 Å². The number of ether oxygens (including phenoxy) is 2. The van der Waals surface area contributed by atoms with E-state index in [4.69, 9.17) is 0 Å². The van der Waals surface area contributed by atoms with Crippen molar-refractivity contribution in [2.75, 3.05) is 18.5 Å². The molecule has 1 aromatic carbocycles. The molecule has 45 heavy (non-hydrogen) atoms. The van der Waals surface area contributed by atoms with Gasteiger partial charge in [-0.3, -0.25) is 14.5 Å². The standard InChI is InChI=1S/C19H17F3N4O5S.C7H4F3NO2/c1-2-31-18(28)14-8-13(9-23)17(25-16(14)19(20,21)22)24-10-15(27)26-32(29,30)11-12-6-4-3-5-7-12;8-7(9,10)13-6(12)5-2-1-3-11-4-5/h3-8H,2,10-11H2,1H3,(H,24,25)(H,26,27);1-4H. The number of benzene rings is 1. The predicted molar refractivity (Wildman–Crippen MR) is 141 cm³/mol. The number of sulfonamides is 1. The van der Waals surface area contributed by atoms with Crippen LogP contribution in [-0.2, 0) is 36.2 Å². The minimum atomic E-state index is -5.06. The Morgan fingerprint density at radius 1 is 1.00 bits per heavy atom. The molecule has 0 spiro atoms. The normalized spacial score (nSPS) is 11.2. The van der Waals surface area contributed by atoms with Gasteiger partial charge in [0.1, 0.15) is 11.9 Å². The van der Waals surface area contributed by atoms with Gasteiger partial charge in [0.2, 0.25) is 10.0 Å². The number of carbonyl (C=O) groups is 3. The fourth-order valence-electron chi connectivity index (χ4n) is 3.16. The van der Waals surface area contributed by atoms with E-state index in [9.17, 15) is 54.4 Å². The molecular weight excluding hydrogens is 640 g/mol. The van der Waals surface area contributed by atoms with E-state index in [1.54, 1.807) is 29.0 Å². The number of alkyl halides is 6. The van der Waals surface area contributed by atoms with E-state index in [1.165, 1.54) is 37.4 Å². The van der Waals surface area contributed by atoms with Crippen molar-refractivity contribution in [1.29, 1.82) is 5.26 Å². The lowest BCUT2D eigenvalue weighted by Crippen LogP contribution is -2.36. The average molecular weight is 662 g/mol. The lowest BCUT2D eigenvalue weighted by Gasteiger charge is -2.15. The summed E-state index contributed by atoms with van der Waals surface area (Å²) in [5, 5.41) is 11.4. The summed E-state index contributed by atoms with van der Waals surface area (Å²) in [6.07, 6.45) is -7.68. The van der Waals surface area contributed by atoms with Crippen LogP contribution in [0.3, 0.4) is 0 Å². The summed E-state index contributed by atoms with van der Waals surface area (Å²) in [6.45, 7) is 0.394. The highest BCUT2D eigenvalue weighted by Crippen LogP contribution is 2.33. The highest BCUT2D eigenvalue weighted by atomic mass is 32.2. The fraction of sp³-hybridized carbons (Fsp3) is 0.231. The zero-order valence-electron chi connectivity index (χ0n) is 22.8. The van der Waals surface area contributed by atoms with Gasteiger partial charge >= 0.3 is 24.5 Å². The zero-order valence-corrected chi connectivity index (χ0v) is 23.6. The van der Waals surface area contributed by atoms with Crippen molar-refractivity contribution in [1.82, 2.24) is 14.7 Å². The summed E-state index contributed by atoms with van der Waals surface area (Å²) in [5.74, 6) is -5.01. The van der Waals surface area contributed by atoms with E-state index >= 15 is 0 Å². The van der Waals surface area contributed by atoms with Crippen LogP contribution in [0.1, 0.15) is 44.5 Å². The van der Waals surface area contributed by atoms with Crippen LogP contribution in [0.25, 0.3) is 0 Å². The number of nitriles is 1. The van der Waals surface area contributed by atoms with Crippen molar-refractivity contribution >= 4 is 33.7 Å². The Labute approximate surface area is 251 Å². The van der Waals surface area contributed by atoms with Gasteiger partial charge in [-0.05, 0) is 30.7 Å². The minimum absolute atomic E-state index is 0.199. The van der Waals surface area contributed by atoms with Crippen molar-refractivity contribution in [3.8, 4) is 6.07 Å². The van der Waals surface area contributed by atoms with Gasteiger partial charge in [-0.2, -0.15) is 18.4 Å². The molecular formula is C26H21F6N5O7S. The number of nitrogens with zero attached hydrogens (tertiary/aromatic N) is 3. The van der Waals surface area contributed by atoms with Crippen LogP contribution in [0.5, 0.6) is 0 Å². The van der Waals surface area contributed by atoms with Gasteiger partial charge in [-0.25, -0.2) is 23.0 Å². The number of rotatable bonds is 9. The summed E-state index contributed by atoms with van der Waals surface area (Å²) < 4.78 is 108. The number of pyridine rings is 2. The molecule has 0 radical (unpaired) electrons. The number of halogens is 6. The monoisotopic (exact) mass is 661 g/mol. The second-order valence-electron chi connectivity index (χ2n) is 8.31. The van der Waals surface area contributed by atoms with Crippen LogP contribution in [-0.4, -0.2) is 55.7 Å². The Hall–Kier alpha value is -5.25. The lowest BCUT2D eigenvalue weighted by molar-refractivity contribution is -0.291. The largest absolute Gasteiger partial charge is 0.575 e. The number of nitrogens with one attached hydrogen (secondary N) is 2.